The molecule has 1 aliphatic heterocycles. The summed E-state index contributed by atoms with van der Waals surface area (Å²) in [7, 11) is 0. The first-order valence-corrected chi connectivity index (χ1v) is 5.48. The van der Waals surface area contributed by atoms with Gasteiger partial charge < -0.3 is 14.6 Å². The molecule has 3 rings (SSSR count). The largest absolute Gasteiger partial charge is 0.461 e. The highest BCUT2D eigenvalue weighted by Gasteiger charge is 2.29. The Morgan fingerprint density at radius 3 is 2.61 bits per heavy atom. The fraction of sp³-hybridized carbons (Fsp3) is 0.0769. The Morgan fingerprint density at radius 2 is 1.94 bits per heavy atom. The van der Waals surface area contributed by atoms with E-state index in [2.05, 4.69) is 10.5 Å². The van der Waals surface area contributed by atoms with Crippen LogP contribution in [0, 0.1) is 0 Å². The molecule has 1 aromatic heterocycles. The minimum Gasteiger partial charge on any atom is -0.461 e. The van der Waals surface area contributed by atoms with E-state index in [1.54, 1.807) is 12.1 Å². The SMILES string of the molecule is O=C1NC(c2ccco2)=NOC1c1ccccc1. The molecule has 1 aromatic carbocycles. The zero-order valence-corrected chi connectivity index (χ0v) is 9.37. The number of nitrogens with one attached hydrogen (secondary N) is 1. The maximum atomic E-state index is 11.9. The highest BCUT2D eigenvalue weighted by atomic mass is 16.6. The number of hydrogen-bond donors (Lipinski definition) is 1. The number of amidine groups is 1. The lowest BCUT2D eigenvalue weighted by Gasteiger charge is -2.20. The van der Waals surface area contributed by atoms with Crippen LogP contribution in [0.2, 0.25) is 0 Å². The number of rotatable bonds is 2. The summed E-state index contributed by atoms with van der Waals surface area (Å²) < 4.78 is 5.14. The second-order valence-electron chi connectivity index (χ2n) is 3.80. The van der Waals surface area contributed by atoms with Gasteiger partial charge >= 0.3 is 0 Å². The fourth-order valence-corrected chi connectivity index (χ4v) is 1.72. The van der Waals surface area contributed by atoms with Gasteiger partial charge in [0, 0.05) is 5.56 Å². The highest BCUT2D eigenvalue weighted by Crippen LogP contribution is 2.21. The Morgan fingerprint density at radius 1 is 1.11 bits per heavy atom. The van der Waals surface area contributed by atoms with E-state index in [-0.39, 0.29) is 11.7 Å². The average Bonchev–Trinajstić information content (AvgIpc) is 2.93. The molecule has 0 saturated heterocycles. The first-order chi connectivity index (χ1) is 8.84. The summed E-state index contributed by atoms with van der Waals surface area (Å²) in [6.45, 7) is 0. The molecular formula is C13H10N2O3. The van der Waals surface area contributed by atoms with Crippen LogP contribution in [0.5, 0.6) is 0 Å². The lowest BCUT2D eigenvalue weighted by Crippen LogP contribution is -2.39. The topological polar surface area (TPSA) is 63.8 Å². The quantitative estimate of drug-likeness (QED) is 0.873. The van der Waals surface area contributed by atoms with Crippen LogP contribution in [-0.4, -0.2) is 11.7 Å². The van der Waals surface area contributed by atoms with Crippen molar-refractivity contribution >= 4 is 11.7 Å². The number of hydrogen-bond acceptors (Lipinski definition) is 4. The Labute approximate surface area is 103 Å². The van der Waals surface area contributed by atoms with Gasteiger partial charge in [-0.2, -0.15) is 0 Å². The smallest absolute Gasteiger partial charge is 0.274 e. The van der Waals surface area contributed by atoms with Crippen molar-refractivity contribution in [3.63, 3.8) is 0 Å². The molecular weight excluding hydrogens is 232 g/mol. The molecule has 0 radical (unpaired) electrons. The third-order valence-corrected chi connectivity index (χ3v) is 2.59. The second kappa shape index (κ2) is 4.37. The second-order valence-corrected chi connectivity index (χ2v) is 3.80. The van der Waals surface area contributed by atoms with E-state index in [9.17, 15) is 4.79 Å². The molecule has 0 spiro atoms. The molecule has 5 nitrogen and oxygen atoms in total. The standard InChI is InChI=1S/C13H10N2O3/c16-13-11(9-5-2-1-3-6-9)18-15-12(14-13)10-7-4-8-17-10/h1-8,11H,(H,14,15,16). The normalized spacial score (nSPS) is 18.8. The van der Waals surface area contributed by atoms with Gasteiger partial charge in [-0.15, -0.1) is 0 Å². The molecule has 2 aromatic rings. The Hall–Kier alpha value is -2.56. The molecule has 90 valence electrons. The number of carbonyl (C=O) groups excluding carboxylic acids is 1. The first kappa shape index (κ1) is 10.6. The molecule has 18 heavy (non-hydrogen) atoms. The van der Waals surface area contributed by atoms with Gasteiger partial charge in [-0.1, -0.05) is 35.5 Å². The van der Waals surface area contributed by atoms with E-state index in [1.165, 1.54) is 6.26 Å². The van der Waals surface area contributed by atoms with Crippen LogP contribution in [0.15, 0.2) is 58.3 Å². The Balaban J connectivity index is 1.85. The summed E-state index contributed by atoms with van der Waals surface area (Å²) >= 11 is 0. The Kier molecular flexibility index (Phi) is 2.57. The monoisotopic (exact) mass is 242 g/mol. The van der Waals surface area contributed by atoms with Gasteiger partial charge in [0.2, 0.25) is 11.9 Å². The number of furan rings is 1. The van der Waals surface area contributed by atoms with Crippen molar-refractivity contribution in [2.75, 3.05) is 0 Å². The van der Waals surface area contributed by atoms with Gasteiger partial charge in [0.05, 0.1) is 6.26 Å². The van der Waals surface area contributed by atoms with E-state index < -0.39 is 6.10 Å². The van der Waals surface area contributed by atoms with Gasteiger partial charge in [0.15, 0.2) is 5.76 Å². The van der Waals surface area contributed by atoms with Gasteiger partial charge in [0.1, 0.15) is 0 Å². The molecule has 1 N–H and O–H groups in total. The molecule has 0 fully saturated rings. The molecule has 1 amide bonds. The van der Waals surface area contributed by atoms with Crippen LogP contribution >= 0.6 is 0 Å². The van der Waals surface area contributed by atoms with Crippen molar-refractivity contribution in [2.45, 2.75) is 6.10 Å². The molecule has 5 heteroatoms. The third-order valence-electron chi connectivity index (χ3n) is 2.59. The van der Waals surface area contributed by atoms with Gasteiger partial charge in [-0.05, 0) is 12.1 Å². The number of carbonyl (C=O) groups is 1. The van der Waals surface area contributed by atoms with Crippen LogP contribution in [0.4, 0.5) is 0 Å². The minimum absolute atomic E-state index is 0.261. The van der Waals surface area contributed by atoms with Gasteiger partial charge in [-0.3, -0.25) is 4.79 Å². The van der Waals surface area contributed by atoms with Crippen LogP contribution < -0.4 is 5.32 Å². The predicted molar refractivity (Wildman–Crippen MR) is 63.7 cm³/mol. The predicted octanol–water partition coefficient (Wildman–Crippen LogP) is 1.83. The van der Waals surface area contributed by atoms with E-state index in [0.29, 0.717) is 5.76 Å². The van der Waals surface area contributed by atoms with Gasteiger partial charge in [0.25, 0.3) is 5.91 Å². The summed E-state index contributed by atoms with van der Waals surface area (Å²) in [6.07, 6.45) is 0.790. The summed E-state index contributed by atoms with van der Waals surface area (Å²) in [6, 6.07) is 12.6. The van der Waals surface area contributed by atoms with Crippen LogP contribution in [0.25, 0.3) is 0 Å². The molecule has 1 atom stereocenters. The van der Waals surface area contributed by atoms with E-state index >= 15 is 0 Å². The summed E-state index contributed by atoms with van der Waals surface area (Å²) in [5, 5.41) is 6.53. The van der Waals surface area contributed by atoms with Crippen molar-refractivity contribution in [3.8, 4) is 0 Å². The summed E-state index contributed by atoms with van der Waals surface area (Å²) in [4.78, 5) is 17.2. The molecule has 0 aliphatic carbocycles. The fourth-order valence-electron chi connectivity index (χ4n) is 1.72. The third kappa shape index (κ3) is 1.86. The van der Waals surface area contributed by atoms with Crippen molar-refractivity contribution < 1.29 is 14.0 Å². The molecule has 0 saturated carbocycles. The molecule has 1 aliphatic rings. The maximum absolute atomic E-state index is 11.9. The zero-order chi connectivity index (χ0) is 12.4. The molecule has 0 bridgehead atoms. The van der Waals surface area contributed by atoms with Gasteiger partial charge in [-0.25, -0.2) is 0 Å². The maximum Gasteiger partial charge on any atom is 0.274 e. The van der Waals surface area contributed by atoms with E-state index in [1.807, 2.05) is 30.3 Å². The zero-order valence-electron chi connectivity index (χ0n) is 9.37. The first-order valence-electron chi connectivity index (χ1n) is 5.48. The minimum atomic E-state index is -0.718. The van der Waals surface area contributed by atoms with Crippen molar-refractivity contribution in [3.05, 3.63) is 60.1 Å². The van der Waals surface area contributed by atoms with Crippen LogP contribution in [-0.2, 0) is 9.63 Å². The highest BCUT2D eigenvalue weighted by molar-refractivity contribution is 6.08. The van der Waals surface area contributed by atoms with Crippen molar-refractivity contribution in [1.82, 2.24) is 5.32 Å². The molecule has 1 unspecified atom stereocenters. The van der Waals surface area contributed by atoms with Crippen LogP contribution in [0.1, 0.15) is 17.4 Å². The summed E-state index contributed by atoms with van der Waals surface area (Å²) in [5.41, 5.74) is 0.761. The van der Waals surface area contributed by atoms with E-state index in [4.69, 9.17) is 9.25 Å². The molecule has 2 heterocycles. The van der Waals surface area contributed by atoms with Crippen molar-refractivity contribution in [2.24, 2.45) is 5.16 Å². The summed E-state index contributed by atoms with van der Waals surface area (Å²) in [5.74, 6) is 0.495. The number of amides is 1. The number of oxime groups is 1. The van der Waals surface area contributed by atoms with Crippen molar-refractivity contribution in [1.29, 1.82) is 0 Å². The average molecular weight is 242 g/mol. The van der Waals surface area contributed by atoms with Crippen LogP contribution in [0.3, 0.4) is 0 Å². The Bertz CT molecular complexity index is 576. The number of benzene rings is 1. The van der Waals surface area contributed by atoms with E-state index in [0.717, 1.165) is 5.56 Å². The lowest BCUT2D eigenvalue weighted by atomic mass is 10.1. The number of nitrogens with zero attached hydrogens (tertiary/aromatic N) is 1. The lowest BCUT2D eigenvalue weighted by molar-refractivity contribution is -0.133.